The molecule has 0 aromatic heterocycles. The molecule has 2 atom stereocenters. The highest BCUT2D eigenvalue weighted by molar-refractivity contribution is 5.71. The third-order valence-electron chi connectivity index (χ3n) is 13.0. The number of esters is 2. The number of unbranched alkanes of at least 4 members (excludes halogenated alkanes) is 23. The zero-order valence-corrected chi connectivity index (χ0v) is 50.1. The third-order valence-corrected chi connectivity index (χ3v) is 13.0. The lowest BCUT2D eigenvalue weighted by Crippen LogP contribution is -2.40. The average Bonchev–Trinajstić information content (AvgIpc) is 3.40. The van der Waals surface area contributed by atoms with E-state index in [1.807, 2.05) is 21.1 Å². The number of aliphatic carboxylic acids is 1. The van der Waals surface area contributed by atoms with Crippen LogP contribution in [0.4, 0.5) is 0 Å². The summed E-state index contributed by atoms with van der Waals surface area (Å²) in [6.07, 6.45) is 77.4. The zero-order valence-electron chi connectivity index (χ0n) is 50.1. The number of carboxylic acid groups (broad SMARTS) is 1. The molecule has 0 saturated heterocycles. The Labute approximate surface area is 473 Å². The number of hydrogen-bond donors (Lipinski definition) is 1. The second kappa shape index (κ2) is 58.1. The standard InChI is InChI=1S/C68H115NO8/c1-6-8-10-12-14-16-18-20-22-24-26-28-30-32-33-35-37-39-41-43-45-47-49-51-53-55-57-59-66(71)77-64(63-76-68(67(72)73)74-61-60-69(3,4)5)62-75-65(70)58-56-54-52-50-48-46-44-42-40-38-36-34-31-29-27-25-23-21-19-17-15-13-11-9-7-2/h8,10,14,16,19-22,25-28,32-33,37,39,43,45,64,68H,6-7,9,11-13,15,17-18,23-24,29-31,34-36,38,40-42,44,46-63H2,1-5H3/p+1/b10-8-,16-14-,21-19-,22-20-,27-25-,28-26-,33-32-,39-37-,45-43-. The molecule has 0 aliphatic carbocycles. The molecule has 0 radical (unpaired) electrons. The van der Waals surface area contributed by atoms with Crippen LogP contribution in [0.3, 0.4) is 0 Å². The van der Waals surface area contributed by atoms with Crippen molar-refractivity contribution in [1.29, 1.82) is 0 Å². The Morgan fingerprint density at radius 1 is 0.403 bits per heavy atom. The number of hydrogen-bond acceptors (Lipinski definition) is 7. The molecule has 0 rings (SSSR count). The van der Waals surface area contributed by atoms with Crippen LogP contribution in [0.25, 0.3) is 0 Å². The number of nitrogens with zero attached hydrogens (tertiary/aromatic N) is 1. The third kappa shape index (κ3) is 59.5. The van der Waals surface area contributed by atoms with Crippen LogP contribution in [0, 0.1) is 0 Å². The van der Waals surface area contributed by atoms with Gasteiger partial charge >= 0.3 is 17.9 Å². The molecule has 0 aromatic carbocycles. The SMILES string of the molecule is CC/C=C\C/C=C\C/C=C\C/C=C\C/C=C\C/C=C\C/C=C\CCCCCCCC(=O)OC(COC(=O)CCCCCCCCCCCCCCC/C=C\C/C=C\CCCCCCC)COC(OCC[N+](C)(C)C)C(=O)O. The van der Waals surface area contributed by atoms with Gasteiger partial charge in [-0.2, -0.15) is 0 Å². The molecule has 0 amide bonds. The fraction of sp³-hybridized carbons (Fsp3) is 0.691. The maximum atomic E-state index is 12.9. The number of quaternary nitrogens is 1. The summed E-state index contributed by atoms with van der Waals surface area (Å²) in [6, 6.07) is 0. The summed E-state index contributed by atoms with van der Waals surface area (Å²) in [5.41, 5.74) is 0. The van der Waals surface area contributed by atoms with Crippen LogP contribution in [0.1, 0.15) is 245 Å². The summed E-state index contributed by atoms with van der Waals surface area (Å²) in [6.45, 7) is 4.73. The molecular formula is C68H116NO8+. The van der Waals surface area contributed by atoms with Crippen LogP contribution in [0.15, 0.2) is 109 Å². The molecule has 9 heteroatoms. The maximum Gasteiger partial charge on any atom is 0.361 e. The molecule has 77 heavy (non-hydrogen) atoms. The van der Waals surface area contributed by atoms with E-state index in [1.165, 1.54) is 109 Å². The minimum Gasteiger partial charge on any atom is -0.477 e. The van der Waals surface area contributed by atoms with Gasteiger partial charge in [0, 0.05) is 12.8 Å². The number of allylic oxidation sites excluding steroid dienone is 18. The van der Waals surface area contributed by atoms with Crippen molar-refractivity contribution in [3.8, 4) is 0 Å². The lowest BCUT2D eigenvalue weighted by atomic mass is 10.0. The minimum absolute atomic E-state index is 0.178. The molecule has 0 fully saturated rings. The average molecular weight is 1080 g/mol. The van der Waals surface area contributed by atoms with Crippen molar-refractivity contribution in [3.05, 3.63) is 109 Å². The molecule has 440 valence electrons. The highest BCUT2D eigenvalue weighted by Crippen LogP contribution is 2.15. The molecule has 0 saturated carbocycles. The van der Waals surface area contributed by atoms with E-state index >= 15 is 0 Å². The van der Waals surface area contributed by atoms with Crippen molar-refractivity contribution in [2.45, 2.75) is 257 Å². The Morgan fingerprint density at radius 2 is 0.740 bits per heavy atom. The first-order valence-corrected chi connectivity index (χ1v) is 31.1. The summed E-state index contributed by atoms with van der Waals surface area (Å²) in [5, 5.41) is 9.72. The summed E-state index contributed by atoms with van der Waals surface area (Å²) in [7, 11) is 5.96. The first-order valence-electron chi connectivity index (χ1n) is 31.1. The van der Waals surface area contributed by atoms with Gasteiger partial charge in [-0.3, -0.25) is 9.59 Å². The van der Waals surface area contributed by atoms with Gasteiger partial charge < -0.3 is 28.5 Å². The smallest absolute Gasteiger partial charge is 0.361 e. The quantitative estimate of drug-likeness (QED) is 0.0211. The fourth-order valence-electron chi connectivity index (χ4n) is 8.26. The van der Waals surface area contributed by atoms with E-state index < -0.39 is 24.3 Å². The Hall–Kier alpha value is -4.05. The van der Waals surface area contributed by atoms with Crippen LogP contribution >= 0.6 is 0 Å². The van der Waals surface area contributed by atoms with Gasteiger partial charge in [-0.15, -0.1) is 0 Å². The number of carboxylic acids is 1. The lowest BCUT2D eigenvalue weighted by molar-refractivity contribution is -0.870. The van der Waals surface area contributed by atoms with Crippen molar-refractivity contribution in [2.75, 3.05) is 47.5 Å². The zero-order chi connectivity index (χ0) is 56.2. The highest BCUT2D eigenvalue weighted by atomic mass is 16.7. The van der Waals surface area contributed by atoms with Gasteiger partial charge in [0.1, 0.15) is 13.2 Å². The normalized spacial score (nSPS) is 13.5. The van der Waals surface area contributed by atoms with E-state index in [2.05, 4.69) is 123 Å². The monoisotopic (exact) mass is 1070 g/mol. The molecule has 0 aliphatic heterocycles. The largest absolute Gasteiger partial charge is 0.477 e. The Morgan fingerprint density at radius 3 is 1.10 bits per heavy atom. The number of ether oxygens (including phenoxy) is 4. The van der Waals surface area contributed by atoms with Gasteiger partial charge in [-0.1, -0.05) is 239 Å². The summed E-state index contributed by atoms with van der Waals surface area (Å²) >= 11 is 0. The maximum absolute atomic E-state index is 12.9. The molecule has 0 heterocycles. The molecule has 9 nitrogen and oxygen atoms in total. The number of carbonyl (C=O) groups excluding carboxylic acids is 2. The number of rotatable bonds is 56. The Bertz CT molecular complexity index is 1630. The second-order valence-electron chi connectivity index (χ2n) is 21.6. The molecule has 0 aromatic rings. The molecule has 0 aliphatic rings. The first kappa shape index (κ1) is 73.0. The summed E-state index contributed by atoms with van der Waals surface area (Å²) < 4.78 is 22.9. The predicted octanol–water partition coefficient (Wildman–Crippen LogP) is 18.7. The van der Waals surface area contributed by atoms with Gasteiger partial charge in [0.2, 0.25) is 0 Å². The van der Waals surface area contributed by atoms with Crippen LogP contribution in [0.5, 0.6) is 0 Å². The van der Waals surface area contributed by atoms with Crippen LogP contribution in [-0.4, -0.2) is 87.4 Å². The van der Waals surface area contributed by atoms with E-state index in [0.29, 0.717) is 23.9 Å². The molecule has 2 unspecified atom stereocenters. The molecule has 1 N–H and O–H groups in total. The van der Waals surface area contributed by atoms with Crippen molar-refractivity contribution >= 4 is 17.9 Å². The molecule has 0 bridgehead atoms. The van der Waals surface area contributed by atoms with Gasteiger partial charge in [0.05, 0.1) is 34.4 Å². The van der Waals surface area contributed by atoms with Crippen molar-refractivity contribution in [1.82, 2.24) is 0 Å². The van der Waals surface area contributed by atoms with E-state index in [9.17, 15) is 19.5 Å². The number of carbonyl (C=O) groups is 3. The van der Waals surface area contributed by atoms with Crippen molar-refractivity contribution in [2.24, 2.45) is 0 Å². The Balaban J connectivity index is 4.28. The summed E-state index contributed by atoms with van der Waals surface area (Å²) in [4.78, 5) is 37.5. The van der Waals surface area contributed by atoms with E-state index in [4.69, 9.17) is 18.9 Å². The van der Waals surface area contributed by atoms with E-state index in [0.717, 1.165) is 103 Å². The Kier molecular flexibility index (Phi) is 55.1. The fourth-order valence-corrected chi connectivity index (χ4v) is 8.26. The van der Waals surface area contributed by atoms with Gasteiger partial charge in [0.25, 0.3) is 6.29 Å². The van der Waals surface area contributed by atoms with Crippen LogP contribution in [0.2, 0.25) is 0 Å². The van der Waals surface area contributed by atoms with E-state index in [1.54, 1.807) is 0 Å². The van der Waals surface area contributed by atoms with Crippen molar-refractivity contribution in [3.63, 3.8) is 0 Å². The number of likely N-dealkylation sites (N-methyl/N-ethyl adjacent to an activating group) is 1. The van der Waals surface area contributed by atoms with Crippen molar-refractivity contribution < 1.29 is 42.9 Å². The van der Waals surface area contributed by atoms with Gasteiger partial charge in [0.15, 0.2) is 6.10 Å². The summed E-state index contributed by atoms with van der Waals surface area (Å²) in [5.74, 6) is -2.04. The first-order chi connectivity index (χ1) is 37.6. The van der Waals surface area contributed by atoms with E-state index in [-0.39, 0.29) is 32.2 Å². The van der Waals surface area contributed by atoms with Crippen LogP contribution in [-0.2, 0) is 33.3 Å². The minimum atomic E-state index is -1.52. The topological polar surface area (TPSA) is 108 Å². The highest BCUT2D eigenvalue weighted by Gasteiger charge is 2.25. The van der Waals surface area contributed by atoms with Gasteiger partial charge in [-0.25, -0.2) is 4.79 Å². The molecule has 0 spiro atoms. The predicted molar refractivity (Wildman–Crippen MR) is 327 cm³/mol. The molecular weight excluding hydrogens is 959 g/mol. The van der Waals surface area contributed by atoms with Crippen LogP contribution < -0.4 is 0 Å². The lowest BCUT2D eigenvalue weighted by Gasteiger charge is -2.25. The van der Waals surface area contributed by atoms with Gasteiger partial charge in [-0.05, 0) is 103 Å². The second-order valence-corrected chi connectivity index (χ2v) is 21.6.